The number of ether oxygens (including phenoxy) is 2. The molecule has 0 aliphatic carbocycles. The Hall–Kier alpha value is -3.08. The van der Waals surface area contributed by atoms with Crippen molar-refractivity contribution >= 4 is 23.5 Å². The van der Waals surface area contributed by atoms with Crippen LogP contribution in [-0.4, -0.2) is 25.4 Å². The summed E-state index contributed by atoms with van der Waals surface area (Å²) in [4.78, 5) is 23.9. The first-order chi connectivity index (χ1) is 13.1. The fraction of sp³-hybridized carbons (Fsp3) is 0.273. The van der Waals surface area contributed by atoms with E-state index in [2.05, 4.69) is 12.2 Å². The first kappa shape index (κ1) is 18.7. The number of ketones is 1. The molecule has 0 atom stereocenters. The maximum atomic E-state index is 12.4. The van der Waals surface area contributed by atoms with Crippen LogP contribution >= 0.6 is 0 Å². The van der Waals surface area contributed by atoms with Gasteiger partial charge in [-0.2, -0.15) is 0 Å². The molecule has 2 aromatic carbocycles. The maximum Gasteiger partial charge on any atom is 0.228 e. The van der Waals surface area contributed by atoms with Crippen LogP contribution in [0.15, 0.2) is 42.5 Å². The van der Waals surface area contributed by atoms with Crippen LogP contribution in [0, 0.1) is 0 Å². The molecule has 1 amide bonds. The average molecular weight is 365 g/mol. The minimum Gasteiger partial charge on any atom is -0.493 e. The van der Waals surface area contributed by atoms with Crippen LogP contribution < -0.4 is 14.8 Å². The number of carbonyl (C=O) groups is 2. The van der Waals surface area contributed by atoms with Crippen molar-refractivity contribution < 1.29 is 19.1 Å². The minimum absolute atomic E-state index is 0.0431. The van der Waals surface area contributed by atoms with Gasteiger partial charge in [0.05, 0.1) is 20.1 Å². The highest BCUT2D eigenvalue weighted by Crippen LogP contribution is 2.29. The largest absolute Gasteiger partial charge is 0.493 e. The Kier molecular flexibility index (Phi) is 5.91. The number of benzene rings is 2. The Balaban J connectivity index is 1.71. The molecule has 0 spiro atoms. The predicted molar refractivity (Wildman–Crippen MR) is 106 cm³/mol. The molecule has 2 aromatic rings. The van der Waals surface area contributed by atoms with Gasteiger partial charge in [-0.3, -0.25) is 9.59 Å². The topological polar surface area (TPSA) is 64.6 Å². The number of hydrogen-bond acceptors (Lipinski definition) is 4. The molecule has 0 aromatic heterocycles. The van der Waals surface area contributed by atoms with Crippen molar-refractivity contribution in [3.63, 3.8) is 0 Å². The van der Waals surface area contributed by atoms with Crippen LogP contribution in [0.5, 0.6) is 11.5 Å². The van der Waals surface area contributed by atoms with Gasteiger partial charge in [0.15, 0.2) is 17.3 Å². The number of anilines is 1. The van der Waals surface area contributed by atoms with E-state index in [0.717, 1.165) is 29.7 Å². The number of fused-ring (bicyclic) bond motifs is 1. The number of rotatable bonds is 8. The van der Waals surface area contributed by atoms with Crippen molar-refractivity contribution in [2.24, 2.45) is 0 Å². The second kappa shape index (κ2) is 8.54. The molecule has 140 valence electrons. The number of amides is 1. The molecule has 0 radical (unpaired) electrons. The number of carbonyl (C=O) groups excluding carboxylic acids is 2. The predicted octanol–water partition coefficient (Wildman–Crippen LogP) is 4.26. The van der Waals surface area contributed by atoms with Gasteiger partial charge >= 0.3 is 0 Å². The fourth-order valence-corrected chi connectivity index (χ4v) is 2.88. The van der Waals surface area contributed by atoms with Crippen LogP contribution in [0.3, 0.4) is 0 Å². The zero-order chi connectivity index (χ0) is 19.2. The van der Waals surface area contributed by atoms with Crippen LogP contribution in [-0.2, 0) is 11.2 Å². The lowest BCUT2D eigenvalue weighted by molar-refractivity contribution is -0.115. The van der Waals surface area contributed by atoms with Crippen molar-refractivity contribution in [1.82, 2.24) is 0 Å². The SMILES string of the molecule is CCCCOc1ccc(/C=C/C(=O)c2ccc3c(c2)CC(=O)N3)cc1OC. The molecule has 0 bridgehead atoms. The lowest BCUT2D eigenvalue weighted by atomic mass is 10.0. The van der Waals surface area contributed by atoms with E-state index in [0.29, 0.717) is 30.1 Å². The van der Waals surface area contributed by atoms with Crippen molar-refractivity contribution in [1.29, 1.82) is 0 Å². The van der Waals surface area contributed by atoms with E-state index in [1.165, 1.54) is 6.08 Å². The van der Waals surface area contributed by atoms with E-state index >= 15 is 0 Å². The summed E-state index contributed by atoms with van der Waals surface area (Å²) in [7, 11) is 1.60. The molecule has 1 N–H and O–H groups in total. The molecule has 1 aliphatic heterocycles. The normalized spacial score (nSPS) is 12.7. The van der Waals surface area contributed by atoms with Crippen LogP contribution in [0.1, 0.15) is 41.3 Å². The quantitative estimate of drug-likeness (QED) is 0.431. The standard InChI is InChI=1S/C22H23NO4/c1-3-4-11-27-20-10-6-15(12-21(20)26-2)5-9-19(24)16-7-8-18-17(13-16)14-22(25)23-18/h5-10,12-13H,3-4,11,14H2,1-2H3,(H,23,25)/b9-5+. The van der Waals surface area contributed by atoms with E-state index in [-0.39, 0.29) is 11.7 Å². The van der Waals surface area contributed by atoms with E-state index in [9.17, 15) is 9.59 Å². The van der Waals surface area contributed by atoms with Gasteiger partial charge in [0, 0.05) is 11.3 Å². The molecule has 5 nitrogen and oxygen atoms in total. The highest BCUT2D eigenvalue weighted by atomic mass is 16.5. The molecule has 27 heavy (non-hydrogen) atoms. The molecule has 0 saturated heterocycles. The molecule has 3 rings (SSSR count). The maximum absolute atomic E-state index is 12.4. The summed E-state index contributed by atoms with van der Waals surface area (Å²) in [5.74, 6) is 1.19. The summed E-state index contributed by atoms with van der Waals surface area (Å²) in [6, 6.07) is 10.8. The molecule has 5 heteroatoms. The van der Waals surface area contributed by atoms with Gasteiger partial charge in [-0.25, -0.2) is 0 Å². The summed E-state index contributed by atoms with van der Waals surface area (Å²) < 4.78 is 11.1. The fourth-order valence-electron chi connectivity index (χ4n) is 2.88. The zero-order valence-corrected chi connectivity index (χ0v) is 15.6. The van der Waals surface area contributed by atoms with Crippen LogP contribution in [0.2, 0.25) is 0 Å². The molecule has 0 fully saturated rings. The highest BCUT2D eigenvalue weighted by Gasteiger charge is 2.18. The Bertz CT molecular complexity index is 886. The summed E-state index contributed by atoms with van der Waals surface area (Å²) in [6.07, 6.45) is 5.64. The van der Waals surface area contributed by atoms with Gasteiger partial charge < -0.3 is 14.8 Å². The summed E-state index contributed by atoms with van der Waals surface area (Å²) in [5, 5.41) is 2.76. The van der Waals surface area contributed by atoms with Crippen molar-refractivity contribution in [3.8, 4) is 11.5 Å². The second-order valence-corrected chi connectivity index (χ2v) is 6.41. The van der Waals surface area contributed by atoms with Gasteiger partial charge in [0.2, 0.25) is 5.91 Å². The van der Waals surface area contributed by atoms with Crippen LogP contribution in [0.25, 0.3) is 6.08 Å². The lowest BCUT2D eigenvalue weighted by Crippen LogP contribution is -2.03. The van der Waals surface area contributed by atoms with Gasteiger partial charge in [0.1, 0.15) is 0 Å². The summed E-state index contributed by atoms with van der Waals surface area (Å²) >= 11 is 0. The van der Waals surface area contributed by atoms with E-state index in [1.54, 1.807) is 31.4 Å². The minimum atomic E-state index is -0.112. The molecule has 1 heterocycles. The van der Waals surface area contributed by atoms with Gasteiger partial charge in [-0.1, -0.05) is 25.5 Å². The third kappa shape index (κ3) is 4.56. The van der Waals surface area contributed by atoms with Crippen LogP contribution in [0.4, 0.5) is 5.69 Å². The third-order valence-electron chi connectivity index (χ3n) is 4.39. The van der Waals surface area contributed by atoms with Crippen molar-refractivity contribution in [2.75, 3.05) is 19.0 Å². The average Bonchev–Trinajstić information content (AvgIpc) is 3.06. The Morgan fingerprint density at radius 3 is 2.81 bits per heavy atom. The second-order valence-electron chi connectivity index (χ2n) is 6.41. The Labute approximate surface area is 159 Å². The van der Waals surface area contributed by atoms with Gasteiger partial charge in [-0.15, -0.1) is 0 Å². The van der Waals surface area contributed by atoms with Crippen molar-refractivity contribution in [2.45, 2.75) is 26.2 Å². The number of allylic oxidation sites excluding steroid dienone is 1. The smallest absolute Gasteiger partial charge is 0.228 e. The highest BCUT2D eigenvalue weighted by molar-refractivity contribution is 6.08. The number of unbranched alkanes of at least 4 members (excludes halogenated alkanes) is 1. The molecular weight excluding hydrogens is 342 g/mol. The number of methoxy groups -OCH3 is 1. The number of nitrogens with one attached hydrogen (secondary N) is 1. The Morgan fingerprint density at radius 2 is 2.04 bits per heavy atom. The van der Waals surface area contributed by atoms with Crippen molar-refractivity contribution in [3.05, 3.63) is 59.2 Å². The third-order valence-corrected chi connectivity index (χ3v) is 4.39. The lowest BCUT2D eigenvalue weighted by Gasteiger charge is -2.10. The molecular formula is C22H23NO4. The summed E-state index contributed by atoms with van der Waals surface area (Å²) in [5.41, 5.74) is 3.05. The van der Waals surface area contributed by atoms with E-state index in [1.807, 2.05) is 18.2 Å². The summed E-state index contributed by atoms with van der Waals surface area (Å²) in [6.45, 7) is 2.76. The van der Waals surface area contributed by atoms with Gasteiger partial charge in [0.25, 0.3) is 0 Å². The molecule has 0 unspecified atom stereocenters. The Morgan fingerprint density at radius 1 is 1.19 bits per heavy atom. The van der Waals surface area contributed by atoms with E-state index < -0.39 is 0 Å². The first-order valence-electron chi connectivity index (χ1n) is 9.06. The molecule has 1 aliphatic rings. The van der Waals surface area contributed by atoms with Gasteiger partial charge in [-0.05, 0) is 54.0 Å². The number of hydrogen-bond donors (Lipinski definition) is 1. The zero-order valence-electron chi connectivity index (χ0n) is 15.6. The molecule has 0 saturated carbocycles. The monoisotopic (exact) mass is 365 g/mol. The van der Waals surface area contributed by atoms with E-state index in [4.69, 9.17) is 9.47 Å². The first-order valence-corrected chi connectivity index (χ1v) is 9.06.